The summed E-state index contributed by atoms with van der Waals surface area (Å²) in [6, 6.07) is 20.3. The number of pyridine rings is 1. The van der Waals surface area contributed by atoms with Gasteiger partial charge in [0.05, 0.1) is 17.3 Å². The minimum absolute atomic E-state index is 0.222. The van der Waals surface area contributed by atoms with Crippen molar-refractivity contribution in [3.63, 3.8) is 0 Å². The van der Waals surface area contributed by atoms with Crippen LogP contribution in [-0.2, 0) is 0 Å². The maximum atomic E-state index is 13.4. The largest absolute Gasteiger partial charge is 0.388 e. The number of nitrogens with zero attached hydrogens (tertiary/aromatic N) is 4. The highest BCUT2D eigenvalue weighted by Gasteiger charge is 2.15. The van der Waals surface area contributed by atoms with E-state index in [0.29, 0.717) is 33.8 Å². The molecule has 6 nitrogen and oxygen atoms in total. The van der Waals surface area contributed by atoms with E-state index >= 15 is 0 Å². The summed E-state index contributed by atoms with van der Waals surface area (Å²) in [6.45, 7) is 0. The Hall–Kier alpha value is -4.24. The van der Waals surface area contributed by atoms with Gasteiger partial charge >= 0.3 is 0 Å². The van der Waals surface area contributed by atoms with Crippen LogP contribution in [0.5, 0.6) is 0 Å². The van der Waals surface area contributed by atoms with E-state index in [4.69, 9.17) is 0 Å². The first-order valence-electron chi connectivity index (χ1n) is 9.03. The summed E-state index contributed by atoms with van der Waals surface area (Å²) in [6.07, 6.45) is 5.04. The molecule has 0 aliphatic heterocycles. The van der Waals surface area contributed by atoms with Gasteiger partial charge < -0.3 is 5.32 Å². The Labute approximate surface area is 167 Å². The van der Waals surface area contributed by atoms with Crippen LogP contribution in [0.3, 0.4) is 0 Å². The number of anilines is 1. The number of rotatable bonds is 4. The predicted octanol–water partition coefficient (Wildman–Crippen LogP) is 3.87. The Balaban J connectivity index is 2.03. The van der Waals surface area contributed by atoms with E-state index in [1.165, 1.54) is 0 Å². The fourth-order valence-corrected chi connectivity index (χ4v) is 3.16. The van der Waals surface area contributed by atoms with Crippen molar-refractivity contribution in [3.05, 3.63) is 95.2 Å². The van der Waals surface area contributed by atoms with Crippen LogP contribution in [0.4, 0.5) is 5.69 Å². The molecule has 2 aromatic carbocycles. The van der Waals surface area contributed by atoms with Crippen LogP contribution in [0, 0.1) is 11.3 Å². The molecule has 6 heteroatoms. The molecule has 0 saturated heterocycles. The first kappa shape index (κ1) is 18.1. The molecular weight excluding hydrogens is 362 g/mol. The third kappa shape index (κ3) is 3.49. The van der Waals surface area contributed by atoms with E-state index in [1.807, 2.05) is 37.4 Å². The van der Waals surface area contributed by atoms with Gasteiger partial charge in [0.25, 0.3) is 5.56 Å². The summed E-state index contributed by atoms with van der Waals surface area (Å²) in [5.74, 6) is 0.502. The van der Waals surface area contributed by atoms with E-state index in [9.17, 15) is 10.1 Å². The molecule has 4 aromatic rings. The van der Waals surface area contributed by atoms with Gasteiger partial charge in [-0.05, 0) is 36.4 Å². The standard InChI is InChI=1S/C23H17N5O/c1-25-18-7-4-8-19(13-18)28-15-17(22-26-10-5-11-27-22)12-21(23(28)29)20-9-3-2-6-16(20)14-24/h2-13,15,25H,1H3. The average Bonchev–Trinajstić information content (AvgIpc) is 2.80. The van der Waals surface area contributed by atoms with Crippen LogP contribution in [0.25, 0.3) is 28.2 Å². The molecule has 0 unspecified atom stereocenters. The number of aromatic nitrogens is 3. The Kier molecular flexibility index (Phi) is 4.87. The highest BCUT2D eigenvalue weighted by atomic mass is 16.1. The lowest BCUT2D eigenvalue weighted by molar-refractivity contribution is 0.989. The molecular formula is C23H17N5O. The summed E-state index contributed by atoms with van der Waals surface area (Å²) in [5, 5.41) is 12.6. The Morgan fingerprint density at radius 1 is 0.966 bits per heavy atom. The van der Waals surface area contributed by atoms with Gasteiger partial charge in [-0.2, -0.15) is 5.26 Å². The van der Waals surface area contributed by atoms with Crippen molar-refractivity contribution in [1.82, 2.24) is 14.5 Å². The molecule has 0 saturated carbocycles. The van der Waals surface area contributed by atoms with Gasteiger partial charge in [0.15, 0.2) is 5.82 Å². The summed E-state index contributed by atoms with van der Waals surface area (Å²) >= 11 is 0. The Bertz CT molecular complexity index is 1270. The van der Waals surface area contributed by atoms with E-state index < -0.39 is 0 Å². The second-order valence-corrected chi connectivity index (χ2v) is 6.35. The molecule has 0 radical (unpaired) electrons. The van der Waals surface area contributed by atoms with Crippen molar-refractivity contribution in [2.45, 2.75) is 0 Å². The Morgan fingerprint density at radius 3 is 2.52 bits per heavy atom. The Morgan fingerprint density at radius 2 is 1.76 bits per heavy atom. The fraction of sp³-hybridized carbons (Fsp3) is 0.0435. The topological polar surface area (TPSA) is 83.6 Å². The SMILES string of the molecule is CNc1cccc(-n2cc(-c3ncccn3)cc(-c3ccccc3C#N)c2=O)c1. The summed E-state index contributed by atoms with van der Waals surface area (Å²) in [5.41, 5.74) is 3.48. The minimum Gasteiger partial charge on any atom is -0.388 e. The lowest BCUT2D eigenvalue weighted by atomic mass is 10.00. The molecule has 4 rings (SSSR count). The van der Waals surface area contributed by atoms with Crippen LogP contribution < -0.4 is 10.9 Å². The molecule has 0 amide bonds. The second kappa shape index (κ2) is 7.79. The number of nitriles is 1. The third-order valence-electron chi connectivity index (χ3n) is 4.59. The van der Waals surface area contributed by atoms with Crippen LogP contribution in [0.15, 0.2) is 84.0 Å². The highest BCUT2D eigenvalue weighted by Crippen LogP contribution is 2.25. The summed E-state index contributed by atoms with van der Waals surface area (Å²) < 4.78 is 1.57. The number of hydrogen-bond acceptors (Lipinski definition) is 5. The minimum atomic E-state index is -0.222. The van der Waals surface area contributed by atoms with Gasteiger partial charge in [0.1, 0.15) is 0 Å². The highest BCUT2D eigenvalue weighted by molar-refractivity contribution is 5.74. The number of benzene rings is 2. The van der Waals surface area contributed by atoms with Crippen molar-refractivity contribution in [2.75, 3.05) is 12.4 Å². The molecule has 0 spiro atoms. The summed E-state index contributed by atoms with van der Waals surface area (Å²) in [7, 11) is 1.82. The zero-order chi connectivity index (χ0) is 20.2. The summed E-state index contributed by atoms with van der Waals surface area (Å²) in [4.78, 5) is 22.1. The van der Waals surface area contributed by atoms with Crippen LogP contribution in [0.1, 0.15) is 5.56 Å². The maximum absolute atomic E-state index is 13.4. The average molecular weight is 379 g/mol. The molecule has 29 heavy (non-hydrogen) atoms. The zero-order valence-corrected chi connectivity index (χ0v) is 15.7. The van der Waals surface area contributed by atoms with Gasteiger partial charge in [0, 0.05) is 48.0 Å². The van der Waals surface area contributed by atoms with Crippen LogP contribution >= 0.6 is 0 Å². The van der Waals surface area contributed by atoms with E-state index in [-0.39, 0.29) is 5.56 Å². The molecule has 0 atom stereocenters. The normalized spacial score (nSPS) is 10.3. The predicted molar refractivity (Wildman–Crippen MR) is 113 cm³/mol. The first-order valence-corrected chi connectivity index (χ1v) is 9.03. The van der Waals surface area contributed by atoms with Gasteiger partial charge in [-0.15, -0.1) is 0 Å². The van der Waals surface area contributed by atoms with Crippen LogP contribution in [0.2, 0.25) is 0 Å². The van der Waals surface area contributed by atoms with Crippen molar-refractivity contribution in [2.24, 2.45) is 0 Å². The molecule has 140 valence electrons. The molecule has 1 N–H and O–H groups in total. The molecule has 0 fully saturated rings. The maximum Gasteiger partial charge on any atom is 0.263 e. The van der Waals surface area contributed by atoms with E-state index in [1.54, 1.807) is 53.5 Å². The molecule has 2 aromatic heterocycles. The van der Waals surface area contributed by atoms with Crippen molar-refractivity contribution < 1.29 is 0 Å². The van der Waals surface area contributed by atoms with Crippen molar-refractivity contribution in [1.29, 1.82) is 5.26 Å². The van der Waals surface area contributed by atoms with E-state index in [2.05, 4.69) is 21.4 Å². The van der Waals surface area contributed by atoms with Gasteiger partial charge in [0.2, 0.25) is 0 Å². The molecule has 2 heterocycles. The first-order chi connectivity index (χ1) is 14.2. The van der Waals surface area contributed by atoms with Crippen LogP contribution in [-0.4, -0.2) is 21.6 Å². The van der Waals surface area contributed by atoms with Crippen molar-refractivity contribution >= 4 is 5.69 Å². The van der Waals surface area contributed by atoms with Gasteiger partial charge in [-0.1, -0.05) is 24.3 Å². The molecule has 0 aliphatic rings. The lowest BCUT2D eigenvalue weighted by Gasteiger charge is -2.13. The third-order valence-corrected chi connectivity index (χ3v) is 4.59. The van der Waals surface area contributed by atoms with Crippen molar-refractivity contribution in [3.8, 4) is 34.3 Å². The zero-order valence-electron chi connectivity index (χ0n) is 15.7. The smallest absolute Gasteiger partial charge is 0.263 e. The van der Waals surface area contributed by atoms with Gasteiger partial charge in [-0.3, -0.25) is 9.36 Å². The monoisotopic (exact) mass is 379 g/mol. The lowest BCUT2D eigenvalue weighted by Crippen LogP contribution is -2.20. The molecule has 0 bridgehead atoms. The molecule has 0 aliphatic carbocycles. The second-order valence-electron chi connectivity index (χ2n) is 6.35. The van der Waals surface area contributed by atoms with E-state index in [0.717, 1.165) is 5.69 Å². The fourth-order valence-electron chi connectivity index (χ4n) is 3.16. The van der Waals surface area contributed by atoms with Gasteiger partial charge in [-0.25, -0.2) is 9.97 Å². The quantitative estimate of drug-likeness (QED) is 0.582. The number of hydrogen-bond donors (Lipinski definition) is 1. The number of nitrogens with one attached hydrogen (secondary N) is 1.